The molecule has 1 fully saturated rings. The van der Waals surface area contributed by atoms with Crippen LogP contribution in [0.15, 0.2) is 30.3 Å². The van der Waals surface area contributed by atoms with Gasteiger partial charge in [0.1, 0.15) is 5.75 Å². The summed E-state index contributed by atoms with van der Waals surface area (Å²) in [5.41, 5.74) is 2.05. The van der Waals surface area contributed by atoms with Gasteiger partial charge in [-0.25, -0.2) is 0 Å². The number of amides is 1. The van der Waals surface area contributed by atoms with Crippen molar-refractivity contribution in [1.29, 1.82) is 0 Å². The largest absolute Gasteiger partial charge is 0.507 e. The first-order chi connectivity index (χ1) is 10.2. The Balaban J connectivity index is 1.84. The minimum atomic E-state index is -0.179. The topological polar surface area (TPSA) is 87.1 Å². The number of hydrogen-bond donors (Lipinski definition) is 3. The molecule has 0 aliphatic carbocycles. The molecule has 1 amide bonds. The van der Waals surface area contributed by atoms with Gasteiger partial charge in [0.05, 0.1) is 11.6 Å². The molecule has 1 aromatic carbocycles. The monoisotopic (exact) mass is 282 g/mol. The minimum absolute atomic E-state index is 0.0407. The molecule has 0 saturated carbocycles. The van der Waals surface area contributed by atoms with E-state index < -0.39 is 0 Å². The Bertz CT molecular complexity index is 731. The Hall–Kier alpha value is -2.63. The summed E-state index contributed by atoms with van der Waals surface area (Å²) in [7, 11) is 0. The zero-order valence-corrected chi connectivity index (χ0v) is 11.2. The van der Waals surface area contributed by atoms with Gasteiger partial charge < -0.3 is 15.7 Å². The molecule has 21 heavy (non-hydrogen) atoms. The molecule has 0 bridgehead atoms. The summed E-state index contributed by atoms with van der Waals surface area (Å²) in [5.74, 6) is 0.919. The van der Waals surface area contributed by atoms with Crippen LogP contribution in [0.5, 0.6) is 5.75 Å². The SMILES string of the molecule is O=C1NCC2CNc3nnc(-c4ccccc4O)cc3C12. The molecule has 2 aliphatic heterocycles. The van der Waals surface area contributed by atoms with Crippen molar-refractivity contribution in [2.24, 2.45) is 5.92 Å². The summed E-state index contributed by atoms with van der Waals surface area (Å²) in [6.07, 6.45) is 0. The molecular weight excluding hydrogens is 268 g/mol. The molecule has 2 aliphatic rings. The van der Waals surface area contributed by atoms with Gasteiger partial charge in [-0.2, -0.15) is 0 Å². The predicted molar refractivity (Wildman–Crippen MR) is 76.9 cm³/mol. The predicted octanol–water partition coefficient (Wildman–Crippen LogP) is 1.10. The van der Waals surface area contributed by atoms with E-state index in [-0.39, 0.29) is 23.5 Å². The van der Waals surface area contributed by atoms with E-state index in [1.807, 2.05) is 12.1 Å². The quantitative estimate of drug-likeness (QED) is 0.729. The van der Waals surface area contributed by atoms with Gasteiger partial charge in [-0.05, 0) is 18.2 Å². The van der Waals surface area contributed by atoms with Crippen molar-refractivity contribution in [3.05, 3.63) is 35.9 Å². The summed E-state index contributed by atoms with van der Waals surface area (Å²) in [4.78, 5) is 12.0. The van der Waals surface area contributed by atoms with E-state index >= 15 is 0 Å². The fourth-order valence-electron chi connectivity index (χ4n) is 3.09. The van der Waals surface area contributed by atoms with Gasteiger partial charge >= 0.3 is 0 Å². The highest BCUT2D eigenvalue weighted by Gasteiger charge is 2.40. The first-order valence-corrected chi connectivity index (χ1v) is 6.91. The summed E-state index contributed by atoms with van der Waals surface area (Å²) in [6.45, 7) is 1.41. The van der Waals surface area contributed by atoms with Gasteiger partial charge in [0, 0.05) is 30.1 Å². The standard InChI is InChI=1S/C15H14N4O2/c20-12-4-2-1-3-9(12)11-5-10-13-8(7-17-15(13)21)6-16-14(10)19-18-11/h1-5,8,13,20H,6-7H2,(H,16,19)(H,17,21). The van der Waals surface area contributed by atoms with Crippen molar-refractivity contribution in [2.75, 3.05) is 18.4 Å². The molecule has 2 unspecified atom stereocenters. The molecule has 0 radical (unpaired) electrons. The number of fused-ring (bicyclic) bond motifs is 3. The van der Waals surface area contributed by atoms with Crippen LogP contribution in [-0.4, -0.2) is 34.3 Å². The maximum atomic E-state index is 12.0. The smallest absolute Gasteiger partial charge is 0.228 e. The number of nitrogens with zero attached hydrogens (tertiary/aromatic N) is 2. The Morgan fingerprint density at radius 1 is 1.14 bits per heavy atom. The number of carbonyl (C=O) groups is 1. The first-order valence-electron chi connectivity index (χ1n) is 6.91. The van der Waals surface area contributed by atoms with Crippen molar-refractivity contribution in [2.45, 2.75) is 5.92 Å². The second kappa shape index (κ2) is 4.44. The number of hydrogen-bond acceptors (Lipinski definition) is 5. The van der Waals surface area contributed by atoms with Crippen LogP contribution in [0.25, 0.3) is 11.3 Å². The number of anilines is 1. The third-order valence-electron chi connectivity index (χ3n) is 4.16. The molecule has 4 rings (SSSR count). The third kappa shape index (κ3) is 1.83. The van der Waals surface area contributed by atoms with Gasteiger partial charge in [0.25, 0.3) is 0 Å². The van der Waals surface area contributed by atoms with Crippen LogP contribution in [0, 0.1) is 5.92 Å². The second-order valence-electron chi connectivity index (χ2n) is 5.41. The van der Waals surface area contributed by atoms with E-state index in [0.29, 0.717) is 23.6 Å². The van der Waals surface area contributed by atoms with Crippen molar-refractivity contribution in [1.82, 2.24) is 15.5 Å². The van der Waals surface area contributed by atoms with E-state index in [4.69, 9.17) is 0 Å². The normalized spacial score (nSPS) is 23.0. The fraction of sp³-hybridized carbons (Fsp3) is 0.267. The zero-order valence-electron chi connectivity index (χ0n) is 11.2. The van der Waals surface area contributed by atoms with Crippen molar-refractivity contribution < 1.29 is 9.90 Å². The Kier molecular flexibility index (Phi) is 2.57. The number of phenolic OH excluding ortho intramolecular Hbond substituents is 1. The lowest BCUT2D eigenvalue weighted by atomic mass is 9.85. The Morgan fingerprint density at radius 3 is 2.81 bits per heavy atom. The van der Waals surface area contributed by atoms with Crippen molar-refractivity contribution in [3.8, 4) is 17.0 Å². The maximum absolute atomic E-state index is 12.0. The summed E-state index contributed by atoms with van der Waals surface area (Å²) < 4.78 is 0. The second-order valence-corrected chi connectivity index (χ2v) is 5.41. The molecule has 2 atom stereocenters. The third-order valence-corrected chi connectivity index (χ3v) is 4.16. The molecular formula is C15H14N4O2. The number of aromatic hydroxyl groups is 1. The average Bonchev–Trinajstić information content (AvgIpc) is 2.89. The van der Waals surface area contributed by atoms with Gasteiger partial charge in [0.2, 0.25) is 5.91 Å². The van der Waals surface area contributed by atoms with Gasteiger partial charge in [-0.1, -0.05) is 12.1 Å². The van der Waals surface area contributed by atoms with E-state index in [0.717, 1.165) is 12.1 Å². The Morgan fingerprint density at radius 2 is 1.95 bits per heavy atom. The molecule has 3 N–H and O–H groups in total. The molecule has 6 heteroatoms. The highest BCUT2D eigenvalue weighted by Crippen LogP contribution is 2.39. The molecule has 6 nitrogen and oxygen atoms in total. The molecule has 2 aromatic rings. The fourth-order valence-corrected chi connectivity index (χ4v) is 3.09. The first kappa shape index (κ1) is 12.1. The van der Waals surface area contributed by atoms with E-state index in [9.17, 15) is 9.90 Å². The molecule has 1 aromatic heterocycles. The van der Waals surface area contributed by atoms with Gasteiger partial charge in [-0.15, -0.1) is 10.2 Å². The molecule has 3 heterocycles. The molecule has 1 saturated heterocycles. The average molecular weight is 282 g/mol. The van der Waals surface area contributed by atoms with Crippen LogP contribution in [0.4, 0.5) is 5.82 Å². The van der Waals surface area contributed by atoms with Crippen LogP contribution < -0.4 is 10.6 Å². The lowest BCUT2D eigenvalue weighted by Crippen LogP contribution is -2.29. The molecule has 106 valence electrons. The van der Waals surface area contributed by atoms with Crippen molar-refractivity contribution >= 4 is 11.7 Å². The highest BCUT2D eigenvalue weighted by molar-refractivity contribution is 5.89. The van der Waals surface area contributed by atoms with Crippen LogP contribution >= 0.6 is 0 Å². The number of carbonyl (C=O) groups excluding carboxylic acids is 1. The van der Waals surface area contributed by atoms with Gasteiger partial charge in [-0.3, -0.25) is 4.79 Å². The highest BCUT2D eigenvalue weighted by atomic mass is 16.3. The number of aromatic nitrogens is 2. The van der Waals surface area contributed by atoms with Gasteiger partial charge in [0.15, 0.2) is 5.82 Å². The number of rotatable bonds is 1. The van der Waals surface area contributed by atoms with E-state index in [1.54, 1.807) is 18.2 Å². The zero-order chi connectivity index (χ0) is 14.4. The maximum Gasteiger partial charge on any atom is 0.228 e. The summed E-state index contributed by atoms with van der Waals surface area (Å²) in [5, 5.41) is 24.4. The lowest BCUT2D eigenvalue weighted by Gasteiger charge is -2.26. The van der Waals surface area contributed by atoms with E-state index in [2.05, 4.69) is 20.8 Å². The van der Waals surface area contributed by atoms with E-state index in [1.165, 1.54) is 0 Å². The van der Waals surface area contributed by atoms with Crippen LogP contribution in [0.2, 0.25) is 0 Å². The number of nitrogens with one attached hydrogen (secondary N) is 2. The van der Waals surface area contributed by atoms with Crippen molar-refractivity contribution in [3.63, 3.8) is 0 Å². The summed E-state index contributed by atoms with van der Waals surface area (Å²) >= 11 is 0. The van der Waals surface area contributed by atoms with Crippen LogP contribution in [-0.2, 0) is 4.79 Å². The van der Waals surface area contributed by atoms with Crippen LogP contribution in [0.1, 0.15) is 11.5 Å². The number of para-hydroxylation sites is 1. The Labute approximate surface area is 121 Å². The minimum Gasteiger partial charge on any atom is -0.507 e. The van der Waals surface area contributed by atoms with Crippen LogP contribution in [0.3, 0.4) is 0 Å². The number of phenols is 1. The lowest BCUT2D eigenvalue weighted by molar-refractivity contribution is -0.120. The molecule has 0 spiro atoms. The summed E-state index contributed by atoms with van der Waals surface area (Å²) in [6, 6.07) is 8.84. The number of benzene rings is 1.